The molecule has 1 atom stereocenters. The van der Waals surface area contributed by atoms with E-state index in [1.165, 1.54) is 6.26 Å². The van der Waals surface area contributed by atoms with Crippen LogP contribution in [0.1, 0.15) is 17.4 Å². The summed E-state index contributed by atoms with van der Waals surface area (Å²) >= 11 is 0. The zero-order chi connectivity index (χ0) is 15.6. The Morgan fingerprint density at radius 1 is 1.32 bits per heavy atom. The lowest BCUT2D eigenvalue weighted by Gasteiger charge is -2.33. The molecule has 0 saturated carbocycles. The molecule has 2 aromatic heterocycles. The summed E-state index contributed by atoms with van der Waals surface area (Å²) in [5.41, 5.74) is 2.09. The van der Waals surface area contributed by atoms with E-state index in [1.807, 2.05) is 28.9 Å². The van der Waals surface area contributed by atoms with Gasteiger partial charge in [0.25, 0.3) is 0 Å². The van der Waals surface area contributed by atoms with Gasteiger partial charge in [-0.05, 0) is 18.2 Å². The molecular formula is C14H19N5O2S. The Bertz CT molecular complexity index is 729. The Morgan fingerprint density at radius 3 is 2.91 bits per heavy atom. The molecule has 0 bridgehead atoms. The van der Waals surface area contributed by atoms with Crippen LogP contribution in [0, 0.1) is 0 Å². The lowest BCUT2D eigenvalue weighted by atomic mass is 10.2. The first-order chi connectivity index (χ1) is 10.5. The summed E-state index contributed by atoms with van der Waals surface area (Å²) in [5, 5.41) is 4.32. The van der Waals surface area contributed by atoms with E-state index in [1.54, 1.807) is 12.4 Å². The van der Waals surface area contributed by atoms with Crippen molar-refractivity contribution in [3.05, 3.63) is 48.0 Å². The van der Waals surface area contributed by atoms with Crippen LogP contribution < -0.4 is 4.72 Å². The van der Waals surface area contributed by atoms with Gasteiger partial charge in [-0.15, -0.1) is 0 Å². The second-order valence-electron chi connectivity index (χ2n) is 5.53. The SMILES string of the molecule is CS(=O)(=O)NC[C@H]1CN(Cc2ccccn2)Cc2ccnn21. The fourth-order valence-corrected chi connectivity index (χ4v) is 3.20. The average molecular weight is 321 g/mol. The number of fused-ring (bicyclic) bond motifs is 1. The van der Waals surface area contributed by atoms with E-state index >= 15 is 0 Å². The molecular weight excluding hydrogens is 302 g/mol. The summed E-state index contributed by atoms with van der Waals surface area (Å²) in [7, 11) is -3.21. The molecule has 0 saturated heterocycles. The number of nitrogens with zero attached hydrogens (tertiary/aromatic N) is 4. The van der Waals surface area contributed by atoms with E-state index in [0.29, 0.717) is 6.54 Å². The molecule has 22 heavy (non-hydrogen) atoms. The number of sulfonamides is 1. The number of pyridine rings is 1. The summed E-state index contributed by atoms with van der Waals surface area (Å²) in [4.78, 5) is 6.61. The van der Waals surface area contributed by atoms with Gasteiger partial charge in [0.1, 0.15) is 0 Å². The number of nitrogens with one attached hydrogen (secondary N) is 1. The van der Waals surface area contributed by atoms with Gasteiger partial charge in [0.2, 0.25) is 10.0 Å². The van der Waals surface area contributed by atoms with Crippen molar-refractivity contribution in [2.45, 2.75) is 19.1 Å². The van der Waals surface area contributed by atoms with Crippen LogP contribution in [0.5, 0.6) is 0 Å². The number of rotatable bonds is 5. The van der Waals surface area contributed by atoms with Gasteiger partial charge in [-0.25, -0.2) is 13.1 Å². The zero-order valence-corrected chi connectivity index (χ0v) is 13.2. The Hall–Kier alpha value is -1.77. The number of hydrogen-bond donors (Lipinski definition) is 1. The first kappa shape index (κ1) is 15.1. The minimum Gasteiger partial charge on any atom is -0.290 e. The molecule has 7 nitrogen and oxygen atoms in total. The van der Waals surface area contributed by atoms with E-state index < -0.39 is 10.0 Å². The molecule has 0 unspecified atom stereocenters. The summed E-state index contributed by atoms with van der Waals surface area (Å²) < 4.78 is 27.2. The Morgan fingerprint density at radius 2 is 2.18 bits per heavy atom. The average Bonchev–Trinajstić information content (AvgIpc) is 2.93. The molecule has 0 spiro atoms. The van der Waals surface area contributed by atoms with Gasteiger partial charge in [0.05, 0.1) is 23.7 Å². The minimum atomic E-state index is -3.21. The summed E-state index contributed by atoms with van der Waals surface area (Å²) in [5.74, 6) is 0. The van der Waals surface area contributed by atoms with Gasteiger partial charge in [-0.2, -0.15) is 5.10 Å². The quantitative estimate of drug-likeness (QED) is 0.861. The summed E-state index contributed by atoms with van der Waals surface area (Å²) in [6.07, 6.45) is 4.71. The van der Waals surface area contributed by atoms with Gasteiger partial charge >= 0.3 is 0 Å². The van der Waals surface area contributed by atoms with Gasteiger partial charge in [0, 0.05) is 38.6 Å². The van der Waals surface area contributed by atoms with E-state index in [-0.39, 0.29) is 6.04 Å². The molecule has 1 aliphatic rings. The highest BCUT2D eigenvalue weighted by atomic mass is 32.2. The molecule has 0 amide bonds. The van der Waals surface area contributed by atoms with Crippen LogP contribution in [0.4, 0.5) is 0 Å². The van der Waals surface area contributed by atoms with Crippen LogP contribution in [0.15, 0.2) is 36.7 Å². The fourth-order valence-electron chi connectivity index (χ4n) is 2.70. The van der Waals surface area contributed by atoms with Crippen molar-refractivity contribution in [1.29, 1.82) is 0 Å². The highest BCUT2D eigenvalue weighted by Gasteiger charge is 2.26. The molecule has 1 aliphatic heterocycles. The molecule has 2 aromatic rings. The maximum atomic E-state index is 11.3. The number of aromatic nitrogens is 3. The normalized spacial score (nSPS) is 19.0. The third kappa shape index (κ3) is 3.70. The second-order valence-corrected chi connectivity index (χ2v) is 7.37. The molecule has 1 N–H and O–H groups in total. The Kier molecular flexibility index (Phi) is 4.23. The van der Waals surface area contributed by atoms with Gasteiger partial charge in [0.15, 0.2) is 0 Å². The minimum absolute atomic E-state index is 0.0165. The largest absolute Gasteiger partial charge is 0.290 e. The number of hydrogen-bond acceptors (Lipinski definition) is 5. The van der Waals surface area contributed by atoms with Gasteiger partial charge in [-0.3, -0.25) is 14.6 Å². The maximum Gasteiger partial charge on any atom is 0.208 e. The van der Waals surface area contributed by atoms with Crippen LogP contribution >= 0.6 is 0 Å². The topological polar surface area (TPSA) is 80.1 Å². The first-order valence-corrected chi connectivity index (χ1v) is 9.00. The van der Waals surface area contributed by atoms with Crippen molar-refractivity contribution >= 4 is 10.0 Å². The molecule has 0 aromatic carbocycles. The summed E-state index contributed by atoms with van der Waals surface area (Å²) in [6.45, 7) is 2.59. The lowest BCUT2D eigenvalue weighted by molar-refractivity contribution is 0.166. The first-order valence-electron chi connectivity index (χ1n) is 7.10. The summed E-state index contributed by atoms with van der Waals surface area (Å²) in [6, 6.07) is 7.82. The van der Waals surface area contributed by atoms with E-state index in [4.69, 9.17) is 0 Å². The third-order valence-electron chi connectivity index (χ3n) is 3.65. The van der Waals surface area contributed by atoms with E-state index in [2.05, 4.69) is 19.7 Å². The molecule has 0 fully saturated rings. The van der Waals surface area contributed by atoms with Crippen molar-refractivity contribution in [1.82, 2.24) is 24.4 Å². The zero-order valence-electron chi connectivity index (χ0n) is 12.4. The molecule has 8 heteroatoms. The van der Waals surface area contributed by atoms with Crippen molar-refractivity contribution < 1.29 is 8.42 Å². The van der Waals surface area contributed by atoms with E-state index in [0.717, 1.165) is 31.0 Å². The predicted octanol–water partition coefficient (Wildman–Crippen LogP) is 0.384. The molecule has 3 heterocycles. The van der Waals surface area contributed by atoms with Crippen LogP contribution in [-0.4, -0.2) is 47.4 Å². The van der Waals surface area contributed by atoms with Crippen molar-refractivity contribution in [3.8, 4) is 0 Å². The van der Waals surface area contributed by atoms with Crippen molar-refractivity contribution in [3.63, 3.8) is 0 Å². The van der Waals surface area contributed by atoms with Crippen LogP contribution in [0.2, 0.25) is 0 Å². The van der Waals surface area contributed by atoms with Crippen LogP contribution in [-0.2, 0) is 23.1 Å². The lowest BCUT2D eigenvalue weighted by Crippen LogP contribution is -2.42. The van der Waals surface area contributed by atoms with Crippen LogP contribution in [0.25, 0.3) is 0 Å². The third-order valence-corrected chi connectivity index (χ3v) is 4.34. The fraction of sp³-hybridized carbons (Fsp3) is 0.429. The second kappa shape index (κ2) is 6.15. The monoisotopic (exact) mass is 321 g/mol. The molecule has 0 aliphatic carbocycles. The smallest absolute Gasteiger partial charge is 0.208 e. The Balaban J connectivity index is 1.74. The Labute approximate surface area is 130 Å². The van der Waals surface area contributed by atoms with Gasteiger partial charge < -0.3 is 0 Å². The van der Waals surface area contributed by atoms with Crippen molar-refractivity contribution in [2.24, 2.45) is 0 Å². The predicted molar refractivity (Wildman–Crippen MR) is 82.5 cm³/mol. The van der Waals surface area contributed by atoms with E-state index in [9.17, 15) is 8.42 Å². The molecule has 118 valence electrons. The highest BCUT2D eigenvalue weighted by molar-refractivity contribution is 7.88. The standard InChI is InChI=1S/C14H19N5O2S/c1-22(20,21)17-8-14-11-18(9-12-4-2-3-6-15-12)10-13-5-7-16-19(13)14/h2-7,14,17H,8-11H2,1H3/t14-/m0/s1. The molecule has 0 radical (unpaired) electrons. The molecule has 3 rings (SSSR count). The maximum absolute atomic E-state index is 11.3. The van der Waals surface area contributed by atoms with Crippen LogP contribution in [0.3, 0.4) is 0 Å². The van der Waals surface area contributed by atoms with Gasteiger partial charge in [-0.1, -0.05) is 6.07 Å². The highest BCUT2D eigenvalue weighted by Crippen LogP contribution is 2.21. The van der Waals surface area contributed by atoms with Crippen molar-refractivity contribution in [2.75, 3.05) is 19.3 Å².